The summed E-state index contributed by atoms with van der Waals surface area (Å²) in [6, 6.07) is 6.02. The molecule has 40 heavy (non-hydrogen) atoms. The smallest absolute Gasteiger partial charge is 0.386 e. The number of rotatable bonds is 24. The lowest BCUT2D eigenvalue weighted by Crippen LogP contribution is -2.54. The minimum absolute atomic E-state index is 0.0582. The van der Waals surface area contributed by atoms with Crippen molar-refractivity contribution in [3.8, 4) is 0 Å². The Bertz CT molecular complexity index is 835. The number of unbranched alkanes of at least 4 members (excludes halogenated alkanes) is 12. The van der Waals surface area contributed by atoms with Crippen LogP contribution in [0, 0.1) is 0 Å². The molecule has 10 heteroatoms. The van der Waals surface area contributed by atoms with Gasteiger partial charge in [0.2, 0.25) is 5.91 Å². The molecule has 0 spiro atoms. The van der Waals surface area contributed by atoms with E-state index in [0.29, 0.717) is 6.42 Å². The third-order valence-corrected chi connectivity index (χ3v) is 9.17. The number of carbonyl (C=O) groups excluding carboxylic acids is 1. The number of amides is 1. The van der Waals surface area contributed by atoms with Crippen molar-refractivity contribution >= 4 is 13.5 Å². The van der Waals surface area contributed by atoms with Crippen molar-refractivity contribution in [3.63, 3.8) is 0 Å². The normalized spacial score (nSPS) is 14.6. The van der Waals surface area contributed by atoms with Gasteiger partial charge in [-0.05, 0) is 25.8 Å². The first-order chi connectivity index (χ1) is 19.1. The van der Waals surface area contributed by atoms with Crippen LogP contribution >= 0.6 is 7.60 Å². The van der Waals surface area contributed by atoms with Crippen molar-refractivity contribution in [1.82, 2.24) is 5.32 Å². The molecule has 1 rings (SSSR count). The van der Waals surface area contributed by atoms with Crippen LogP contribution in [-0.2, 0) is 18.4 Å². The van der Waals surface area contributed by atoms with Crippen molar-refractivity contribution in [2.24, 2.45) is 0 Å². The fourth-order valence-corrected chi connectivity index (χ4v) is 6.26. The lowest BCUT2D eigenvalue weighted by atomic mass is 9.97. The van der Waals surface area contributed by atoms with E-state index in [0.717, 1.165) is 25.7 Å². The molecule has 0 aliphatic heterocycles. The van der Waals surface area contributed by atoms with Gasteiger partial charge in [0, 0.05) is 6.42 Å². The molecule has 0 heterocycles. The van der Waals surface area contributed by atoms with Gasteiger partial charge in [-0.2, -0.15) is 8.78 Å². The molecule has 0 aromatic heterocycles. The third-order valence-electron chi connectivity index (χ3n) is 6.98. The maximum absolute atomic E-state index is 15.4. The van der Waals surface area contributed by atoms with Crippen LogP contribution < -0.4 is 5.32 Å². The highest BCUT2D eigenvalue weighted by Gasteiger charge is 2.61. The Labute approximate surface area is 240 Å². The van der Waals surface area contributed by atoms with E-state index in [2.05, 4.69) is 12.2 Å². The number of halogens is 2. The van der Waals surface area contributed by atoms with Gasteiger partial charge in [-0.3, -0.25) is 9.36 Å². The highest BCUT2D eigenvalue weighted by Crippen LogP contribution is 2.63. The van der Waals surface area contributed by atoms with Gasteiger partial charge in [-0.25, -0.2) is 0 Å². The van der Waals surface area contributed by atoms with Crippen LogP contribution in [0.2, 0.25) is 0 Å². The van der Waals surface area contributed by atoms with E-state index in [9.17, 15) is 19.6 Å². The lowest BCUT2D eigenvalue weighted by Gasteiger charge is -2.35. The first-order valence-corrected chi connectivity index (χ1v) is 16.7. The predicted molar refractivity (Wildman–Crippen MR) is 155 cm³/mol. The second-order valence-corrected chi connectivity index (χ2v) is 12.4. The summed E-state index contributed by atoms with van der Waals surface area (Å²) in [5.41, 5.74) is -4.17. The standard InChI is InChI=1S/C30H52F2NO6P/c1-4-7-8-9-10-11-12-13-14-15-16-17-21-24-26(34)33-27(28(35)25-22-19-18-20-23-25)29(36)30(31,32)40(37,38-5-2)39-6-3/h18-20,22-23,27-29,35-36H,4-17,21,24H2,1-3H3,(H,33,34)/t27-,28-,29-/m1/s1. The Kier molecular flexibility index (Phi) is 18.8. The SMILES string of the molecule is CCCCCCCCCCCCCCCC(=O)N[C@H]([C@H](O)c1ccccc1)[C@@H](O)C(F)(F)P(=O)(OCC)OCC. The maximum atomic E-state index is 15.4. The number of aliphatic hydroxyl groups is 2. The molecule has 0 saturated carbocycles. The zero-order valence-corrected chi connectivity index (χ0v) is 25.6. The molecule has 0 bridgehead atoms. The molecule has 0 radical (unpaired) electrons. The molecule has 0 fully saturated rings. The summed E-state index contributed by atoms with van der Waals surface area (Å²) in [6.07, 6.45) is 10.6. The van der Waals surface area contributed by atoms with Gasteiger partial charge in [-0.15, -0.1) is 0 Å². The van der Waals surface area contributed by atoms with Crippen molar-refractivity contribution in [3.05, 3.63) is 35.9 Å². The first-order valence-electron chi connectivity index (χ1n) is 15.1. The van der Waals surface area contributed by atoms with Crippen molar-refractivity contribution < 1.29 is 37.4 Å². The van der Waals surface area contributed by atoms with Crippen molar-refractivity contribution in [1.29, 1.82) is 0 Å². The Hall–Kier alpha value is -1.38. The zero-order valence-electron chi connectivity index (χ0n) is 24.7. The summed E-state index contributed by atoms with van der Waals surface area (Å²) in [4.78, 5) is 12.7. The molecule has 3 atom stereocenters. The maximum Gasteiger partial charge on any atom is 0.402 e. The first kappa shape index (κ1) is 36.6. The molecular formula is C30H52F2NO6P. The Morgan fingerprint density at radius 3 is 1.73 bits per heavy atom. The predicted octanol–water partition coefficient (Wildman–Crippen LogP) is 7.91. The molecule has 232 valence electrons. The van der Waals surface area contributed by atoms with Crippen LogP contribution in [0.25, 0.3) is 0 Å². The molecule has 0 aliphatic carbocycles. The largest absolute Gasteiger partial charge is 0.402 e. The fourth-order valence-electron chi connectivity index (χ4n) is 4.68. The summed E-state index contributed by atoms with van der Waals surface area (Å²) < 4.78 is 53.2. The summed E-state index contributed by atoms with van der Waals surface area (Å²) in [5.74, 6) is -0.583. The zero-order chi connectivity index (χ0) is 29.9. The van der Waals surface area contributed by atoms with Crippen LogP contribution in [0.5, 0.6) is 0 Å². The van der Waals surface area contributed by atoms with Crippen LogP contribution in [0.15, 0.2) is 30.3 Å². The third kappa shape index (κ3) is 12.6. The number of aliphatic hydroxyl groups excluding tert-OH is 2. The molecule has 1 aromatic rings. The molecule has 0 aliphatic rings. The van der Waals surface area contributed by atoms with Crippen molar-refractivity contribution in [2.75, 3.05) is 13.2 Å². The van der Waals surface area contributed by atoms with Crippen LogP contribution in [0.4, 0.5) is 8.78 Å². The second kappa shape index (κ2) is 20.5. The summed E-state index contributed by atoms with van der Waals surface area (Å²) in [7, 11) is -5.10. The average molecular weight is 592 g/mol. The number of carbonyl (C=O) groups is 1. The molecule has 0 unspecified atom stereocenters. The van der Waals surface area contributed by atoms with E-state index >= 15 is 8.78 Å². The molecule has 7 nitrogen and oxygen atoms in total. The molecule has 3 N–H and O–H groups in total. The van der Waals surface area contributed by atoms with E-state index in [1.165, 1.54) is 77.3 Å². The molecular weight excluding hydrogens is 539 g/mol. The minimum Gasteiger partial charge on any atom is -0.386 e. The monoisotopic (exact) mass is 591 g/mol. The summed E-state index contributed by atoms with van der Waals surface area (Å²) in [6.45, 7) is 4.30. The van der Waals surface area contributed by atoms with Crippen LogP contribution in [0.1, 0.15) is 122 Å². The summed E-state index contributed by atoms with van der Waals surface area (Å²) >= 11 is 0. The van der Waals surface area contributed by atoms with E-state index in [1.807, 2.05) is 0 Å². The topological polar surface area (TPSA) is 105 Å². The number of hydrogen-bond acceptors (Lipinski definition) is 6. The van der Waals surface area contributed by atoms with E-state index < -0.39 is 37.4 Å². The highest BCUT2D eigenvalue weighted by molar-refractivity contribution is 7.55. The van der Waals surface area contributed by atoms with Crippen molar-refractivity contribution in [2.45, 2.75) is 135 Å². The Morgan fingerprint density at radius 2 is 1.27 bits per heavy atom. The van der Waals surface area contributed by atoms with E-state index in [1.54, 1.807) is 18.2 Å². The van der Waals surface area contributed by atoms with E-state index in [4.69, 9.17) is 9.05 Å². The van der Waals surface area contributed by atoms with Gasteiger partial charge in [0.15, 0.2) is 6.10 Å². The lowest BCUT2D eigenvalue weighted by molar-refractivity contribution is -0.130. The highest BCUT2D eigenvalue weighted by atomic mass is 31.2. The van der Waals surface area contributed by atoms with Crippen LogP contribution in [0.3, 0.4) is 0 Å². The van der Waals surface area contributed by atoms with E-state index in [-0.39, 0.29) is 25.2 Å². The quantitative estimate of drug-likeness (QED) is 0.0834. The molecule has 1 aromatic carbocycles. The number of benzene rings is 1. The number of hydrogen-bond donors (Lipinski definition) is 3. The number of nitrogens with one attached hydrogen (secondary N) is 1. The average Bonchev–Trinajstić information content (AvgIpc) is 2.94. The molecule has 1 amide bonds. The van der Waals surface area contributed by atoms with Gasteiger partial charge in [0.05, 0.1) is 19.3 Å². The van der Waals surface area contributed by atoms with Crippen LogP contribution in [-0.4, -0.2) is 47.1 Å². The Morgan fingerprint density at radius 1 is 0.825 bits per heavy atom. The summed E-state index contributed by atoms with van der Waals surface area (Å²) in [5, 5.41) is 24.0. The second-order valence-electron chi connectivity index (χ2n) is 10.3. The van der Waals surface area contributed by atoms with Gasteiger partial charge in [0.25, 0.3) is 0 Å². The van der Waals surface area contributed by atoms with Gasteiger partial charge < -0.3 is 24.6 Å². The number of alkyl halides is 2. The minimum atomic E-state index is -5.10. The Balaban J connectivity index is 2.64. The molecule has 0 saturated heterocycles. The van der Waals surface area contributed by atoms with Gasteiger partial charge >= 0.3 is 13.3 Å². The van der Waals surface area contributed by atoms with Gasteiger partial charge in [0.1, 0.15) is 6.10 Å². The van der Waals surface area contributed by atoms with Gasteiger partial charge in [-0.1, -0.05) is 114 Å². The fraction of sp³-hybridized carbons (Fsp3) is 0.767.